The summed E-state index contributed by atoms with van der Waals surface area (Å²) in [6, 6.07) is 3.97. The SMILES string of the molecule is Cc1ccc(C2CC(C)CCN2C(=O)CC2(O)CCCC2)o1. The second-order valence-electron chi connectivity index (χ2n) is 7.29. The number of furan rings is 1. The van der Waals surface area contributed by atoms with Crippen LogP contribution in [0.4, 0.5) is 0 Å². The number of likely N-dealkylation sites (tertiary alicyclic amines) is 1. The molecule has 0 bridgehead atoms. The third kappa shape index (κ3) is 3.22. The van der Waals surface area contributed by atoms with E-state index < -0.39 is 5.60 Å². The van der Waals surface area contributed by atoms with Gasteiger partial charge in [-0.3, -0.25) is 4.79 Å². The molecule has 3 rings (SSSR count). The van der Waals surface area contributed by atoms with Crippen LogP contribution in [0.25, 0.3) is 0 Å². The normalized spacial score (nSPS) is 28.0. The number of hydrogen-bond donors (Lipinski definition) is 1. The molecule has 0 aromatic carbocycles. The topological polar surface area (TPSA) is 53.7 Å². The Hall–Kier alpha value is -1.29. The molecule has 0 spiro atoms. The third-order valence-corrected chi connectivity index (χ3v) is 5.29. The predicted molar refractivity (Wildman–Crippen MR) is 84.3 cm³/mol. The van der Waals surface area contributed by atoms with Gasteiger partial charge in [-0.15, -0.1) is 0 Å². The van der Waals surface area contributed by atoms with E-state index in [-0.39, 0.29) is 18.4 Å². The van der Waals surface area contributed by atoms with Gasteiger partial charge in [-0.1, -0.05) is 19.8 Å². The van der Waals surface area contributed by atoms with E-state index in [0.717, 1.165) is 56.6 Å². The minimum Gasteiger partial charge on any atom is -0.464 e. The standard InChI is InChI=1S/C18H27NO3/c1-13-7-10-19(15(11-13)16-6-5-14(2)22-16)17(20)12-18(21)8-3-4-9-18/h5-6,13,15,21H,3-4,7-12H2,1-2H3. The zero-order valence-electron chi connectivity index (χ0n) is 13.7. The Morgan fingerprint density at radius 1 is 1.41 bits per heavy atom. The fourth-order valence-corrected chi connectivity index (χ4v) is 3.94. The van der Waals surface area contributed by atoms with E-state index in [2.05, 4.69) is 6.92 Å². The molecule has 2 heterocycles. The molecule has 1 aromatic heterocycles. The highest BCUT2D eigenvalue weighted by Crippen LogP contribution is 2.38. The minimum absolute atomic E-state index is 0.0231. The van der Waals surface area contributed by atoms with Gasteiger partial charge >= 0.3 is 0 Å². The Morgan fingerprint density at radius 2 is 2.14 bits per heavy atom. The highest BCUT2D eigenvalue weighted by Gasteiger charge is 2.38. The molecular weight excluding hydrogens is 278 g/mol. The first-order valence-electron chi connectivity index (χ1n) is 8.55. The van der Waals surface area contributed by atoms with Gasteiger partial charge in [-0.25, -0.2) is 0 Å². The monoisotopic (exact) mass is 305 g/mol. The molecule has 22 heavy (non-hydrogen) atoms. The maximum atomic E-state index is 12.8. The first kappa shape index (κ1) is 15.6. The average molecular weight is 305 g/mol. The van der Waals surface area contributed by atoms with Crippen molar-refractivity contribution >= 4 is 5.91 Å². The summed E-state index contributed by atoms with van der Waals surface area (Å²) in [5.41, 5.74) is -0.774. The van der Waals surface area contributed by atoms with Gasteiger partial charge in [-0.2, -0.15) is 0 Å². The van der Waals surface area contributed by atoms with Crippen LogP contribution < -0.4 is 0 Å². The molecule has 2 atom stereocenters. The van der Waals surface area contributed by atoms with Crippen molar-refractivity contribution in [2.75, 3.05) is 6.54 Å². The Kier molecular flexibility index (Phi) is 4.31. The van der Waals surface area contributed by atoms with E-state index in [1.807, 2.05) is 24.0 Å². The van der Waals surface area contributed by atoms with E-state index in [4.69, 9.17) is 4.42 Å². The van der Waals surface area contributed by atoms with Crippen LogP contribution in [-0.4, -0.2) is 28.1 Å². The Morgan fingerprint density at radius 3 is 2.77 bits per heavy atom. The van der Waals surface area contributed by atoms with E-state index >= 15 is 0 Å². The molecule has 2 unspecified atom stereocenters. The van der Waals surface area contributed by atoms with Crippen LogP contribution in [0, 0.1) is 12.8 Å². The second kappa shape index (κ2) is 6.07. The van der Waals surface area contributed by atoms with Gasteiger partial charge in [0.05, 0.1) is 18.1 Å². The summed E-state index contributed by atoms with van der Waals surface area (Å²) in [6.07, 6.45) is 5.80. The van der Waals surface area contributed by atoms with E-state index in [0.29, 0.717) is 5.92 Å². The molecule has 2 fully saturated rings. The van der Waals surface area contributed by atoms with Crippen molar-refractivity contribution in [2.45, 2.75) is 70.4 Å². The zero-order valence-corrected chi connectivity index (χ0v) is 13.7. The lowest BCUT2D eigenvalue weighted by atomic mass is 9.89. The number of aliphatic hydroxyl groups is 1. The van der Waals surface area contributed by atoms with Crippen molar-refractivity contribution in [3.05, 3.63) is 23.7 Å². The zero-order chi connectivity index (χ0) is 15.7. The molecule has 1 aromatic rings. The smallest absolute Gasteiger partial charge is 0.226 e. The lowest BCUT2D eigenvalue weighted by molar-refractivity contribution is -0.141. The van der Waals surface area contributed by atoms with Gasteiger partial charge in [0.2, 0.25) is 5.91 Å². The molecule has 122 valence electrons. The average Bonchev–Trinajstić information content (AvgIpc) is 3.07. The number of carbonyl (C=O) groups excluding carboxylic acids is 1. The summed E-state index contributed by atoms with van der Waals surface area (Å²) >= 11 is 0. The maximum absolute atomic E-state index is 12.8. The van der Waals surface area contributed by atoms with E-state index in [1.165, 1.54) is 0 Å². The summed E-state index contributed by atoms with van der Waals surface area (Å²) in [6.45, 7) is 4.93. The van der Waals surface area contributed by atoms with Crippen molar-refractivity contribution in [3.8, 4) is 0 Å². The molecule has 1 amide bonds. The van der Waals surface area contributed by atoms with Crippen molar-refractivity contribution in [3.63, 3.8) is 0 Å². The van der Waals surface area contributed by atoms with Crippen molar-refractivity contribution in [2.24, 2.45) is 5.92 Å². The van der Waals surface area contributed by atoms with Gasteiger partial charge in [0, 0.05) is 6.54 Å². The van der Waals surface area contributed by atoms with Gasteiger partial charge in [0.15, 0.2) is 0 Å². The minimum atomic E-state index is -0.774. The molecule has 1 saturated carbocycles. The summed E-state index contributed by atoms with van der Waals surface area (Å²) < 4.78 is 5.79. The first-order chi connectivity index (χ1) is 10.5. The van der Waals surface area contributed by atoms with Crippen LogP contribution in [0.2, 0.25) is 0 Å². The van der Waals surface area contributed by atoms with Crippen LogP contribution in [0.3, 0.4) is 0 Å². The lowest BCUT2D eigenvalue weighted by Gasteiger charge is -2.39. The molecule has 1 saturated heterocycles. The van der Waals surface area contributed by atoms with Crippen LogP contribution in [-0.2, 0) is 4.79 Å². The molecule has 4 heteroatoms. The van der Waals surface area contributed by atoms with E-state index in [1.54, 1.807) is 0 Å². The largest absolute Gasteiger partial charge is 0.464 e. The molecule has 1 aliphatic carbocycles. The number of carbonyl (C=O) groups is 1. The summed E-state index contributed by atoms with van der Waals surface area (Å²) in [5, 5.41) is 10.5. The quantitative estimate of drug-likeness (QED) is 0.928. The number of nitrogens with zero attached hydrogens (tertiary/aromatic N) is 1. The van der Waals surface area contributed by atoms with Crippen LogP contribution >= 0.6 is 0 Å². The fraction of sp³-hybridized carbons (Fsp3) is 0.722. The number of aryl methyl sites for hydroxylation is 1. The number of hydrogen-bond acceptors (Lipinski definition) is 3. The summed E-state index contributed by atoms with van der Waals surface area (Å²) in [5.74, 6) is 2.44. The summed E-state index contributed by atoms with van der Waals surface area (Å²) in [4.78, 5) is 14.7. The number of piperidine rings is 1. The molecule has 4 nitrogen and oxygen atoms in total. The fourth-order valence-electron chi connectivity index (χ4n) is 3.94. The molecule has 2 aliphatic rings. The maximum Gasteiger partial charge on any atom is 0.226 e. The highest BCUT2D eigenvalue weighted by atomic mass is 16.3. The van der Waals surface area contributed by atoms with Crippen LogP contribution in [0.15, 0.2) is 16.5 Å². The van der Waals surface area contributed by atoms with E-state index in [9.17, 15) is 9.90 Å². The molecule has 0 radical (unpaired) electrons. The molecule has 1 aliphatic heterocycles. The Bertz CT molecular complexity index is 530. The predicted octanol–water partition coefficient (Wildman–Crippen LogP) is 3.58. The van der Waals surface area contributed by atoms with Crippen LogP contribution in [0.1, 0.15) is 69.4 Å². The van der Waals surface area contributed by atoms with Gasteiger partial charge in [-0.05, 0) is 50.7 Å². The van der Waals surface area contributed by atoms with Gasteiger partial charge in [0.25, 0.3) is 0 Å². The third-order valence-electron chi connectivity index (χ3n) is 5.29. The van der Waals surface area contributed by atoms with Crippen molar-refractivity contribution < 1.29 is 14.3 Å². The Labute approximate surface area is 132 Å². The second-order valence-corrected chi connectivity index (χ2v) is 7.29. The van der Waals surface area contributed by atoms with Crippen molar-refractivity contribution in [1.82, 2.24) is 4.90 Å². The molecule has 1 N–H and O–H groups in total. The highest BCUT2D eigenvalue weighted by molar-refractivity contribution is 5.78. The summed E-state index contributed by atoms with van der Waals surface area (Å²) in [7, 11) is 0. The van der Waals surface area contributed by atoms with Gasteiger partial charge in [0.1, 0.15) is 11.5 Å². The number of rotatable bonds is 3. The Balaban J connectivity index is 1.75. The lowest BCUT2D eigenvalue weighted by Crippen LogP contribution is -2.43. The van der Waals surface area contributed by atoms with Gasteiger partial charge < -0.3 is 14.4 Å². The van der Waals surface area contributed by atoms with Crippen LogP contribution in [0.5, 0.6) is 0 Å². The number of amides is 1. The molecular formula is C18H27NO3. The van der Waals surface area contributed by atoms with Crippen molar-refractivity contribution in [1.29, 1.82) is 0 Å². The first-order valence-corrected chi connectivity index (χ1v) is 8.55.